The average Bonchev–Trinajstić information content (AvgIpc) is 2.42. The number of benzene rings is 1. The highest BCUT2D eigenvalue weighted by atomic mass is 15.1. The second-order valence-corrected chi connectivity index (χ2v) is 5.05. The zero-order chi connectivity index (χ0) is 12.8. The van der Waals surface area contributed by atoms with Gasteiger partial charge in [0.1, 0.15) is 0 Å². The predicted octanol–water partition coefficient (Wildman–Crippen LogP) is 1.99. The van der Waals surface area contributed by atoms with Gasteiger partial charge in [-0.25, -0.2) is 0 Å². The van der Waals surface area contributed by atoms with Crippen LogP contribution in [0, 0.1) is 17.2 Å². The van der Waals surface area contributed by atoms with Crippen LogP contribution in [0.15, 0.2) is 24.3 Å². The van der Waals surface area contributed by atoms with Gasteiger partial charge in [-0.3, -0.25) is 4.90 Å². The third kappa shape index (κ3) is 3.32. The summed E-state index contributed by atoms with van der Waals surface area (Å²) in [6.45, 7) is 4.33. The van der Waals surface area contributed by atoms with E-state index in [1.807, 2.05) is 25.2 Å². The maximum absolute atomic E-state index is 9.08. The lowest BCUT2D eigenvalue weighted by Gasteiger charge is -2.32. The monoisotopic (exact) mass is 243 g/mol. The number of nitrogens with one attached hydrogen (secondary N) is 1. The Bertz CT molecular complexity index is 414. The summed E-state index contributed by atoms with van der Waals surface area (Å²) >= 11 is 0. The highest BCUT2D eigenvalue weighted by Crippen LogP contribution is 2.19. The van der Waals surface area contributed by atoms with Gasteiger partial charge in [-0.1, -0.05) is 18.2 Å². The first-order valence-electron chi connectivity index (χ1n) is 6.68. The molecule has 0 saturated carbocycles. The third-order valence-electron chi connectivity index (χ3n) is 3.73. The highest BCUT2D eigenvalue weighted by Gasteiger charge is 2.19. The van der Waals surface area contributed by atoms with E-state index in [0.29, 0.717) is 0 Å². The molecule has 1 N–H and O–H groups in total. The molecular formula is C15H21N3. The molecule has 0 bridgehead atoms. The first-order chi connectivity index (χ1) is 8.83. The van der Waals surface area contributed by atoms with Crippen LogP contribution >= 0.6 is 0 Å². The summed E-state index contributed by atoms with van der Waals surface area (Å²) in [6, 6.07) is 10.2. The second kappa shape index (κ2) is 6.53. The molecule has 0 aliphatic carbocycles. The van der Waals surface area contributed by atoms with Crippen molar-refractivity contribution in [1.29, 1.82) is 5.26 Å². The van der Waals surface area contributed by atoms with E-state index in [0.717, 1.165) is 43.2 Å². The standard InChI is InChI=1S/C15H21N3/c1-17-11-13-6-8-18(9-7-13)12-15-5-3-2-4-14(15)10-16/h2-5,13,17H,6-9,11-12H2,1H3. The minimum Gasteiger partial charge on any atom is -0.319 e. The lowest BCUT2D eigenvalue weighted by molar-refractivity contribution is 0.176. The quantitative estimate of drug-likeness (QED) is 0.879. The first kappa shape index (κ1) is 13.1. The largest absolute Gasteiger partial charge is 0.319 e. The summed E-state index contributed by atoms with van der Waals surface area (Å²) in [5.41, 5.74) is 1.97. The SMILES string of the molecule is CNCC1CCN(Cc2ccccc2C#N)CC1. The molecular weight excluding hydrogens is 222 g/mol. The van der Waals surface area contributed by atoms with Crippen molar-refractivity contribution >= 4 is 0 Å². The van der Waals surface area contributed by atoms with Gasteiger partial charge in [0, 0.05) is 6.54 Å². The molecule has 1 heterocycles. The highest BCUT2D eigenvalue weighted by molar-refractivity contribution is 5.37. The lowest BCUT2D eigenvalue weighted by atomic mass is 9.96. The Morgan fingerprint density at radius 2 is 2.06 bits per heavy atom. The maximum Gasteiger partial charge on any atom is 0.0995 e. The van der Waals surface area contributed by atoms with Crippen molar-refractivity contribution < 1.29 is 0 Å². The number of nitrogens with zero attached hydrogens (tertiary/aromatic N) is 2. The van der Waals surface area contributed by atoms with E-state index in [1.54, 1.807) is 0 Å². The first-order valence-corrected chi connectivity index (χ1v) is 6.68. The van der Waals surface area contributed by atoms with Crippen LogP contribution in [0.2, 0.25) is 0 Å². The van der Waals surface area contributed by atoms with Crippen LogP contribution in [0.1, 0.15) is 24.0 Å². The zero-order valence-electron chi connectivity index (χ0n) is 11.0. The van der Waals surface area contributed by atoms with Crippen LogP contribution < -0.4 is 5.32 Å². The Hall–Kier alpha value is -1.37. The predicted molar refractivity (Wildman–Crippen MR) is 73.1 cm³/mol. The summed E-state index contributed by atoms with van der Waals surface area (Å²) in [6.07, 6.45) is 2.52. The molecule has 3 nitrogen and oxygen atoms in total. The van der Waals surface area contributed by atoms with Crippen molar-refractivity contribution in [2.24, 2.45) is 5.92 Å². The molecule has 0 radical (unpaired) electrons. The Morgan fingerprint density at radius 3 is 2.72 bits per heavy atom. The molecule has 3 heteroatoms. The lowest BCUT2D eigenvalue weighted by Crippen LogP contribution is -2.36. The van der Waals surface area contributed by atoms with Crippen LogP contribution in [0.5, 0.6) is 0 Å². The second-order valence-electron chi connectivity index (χ2n) is 5.05. The molecule has 18 heavy (non-hydrogen) atoms. The van der Waals surface area contributed by atoms with Crippen molar-refractivity contribution in [3.05, 3.63) is 35.4 Å². The average molecular weight is 243 g/mol. The normalized spacial score (nSPS) is 17.6. The number of piperidine rings is 1. The molecule has 1 aromatic rings. The number of hydrogen-bond acceptors (Lipinski definition) is 3. The molecule has 1 aromatic carbocycles. The topological polar surface area (TPSA) is 39.1 Å². The van der Waals surface area contributed by atoms with E-state index in [4.69, 9.17) is 5.26 Å². The van der Waals surface area contributed by atoms with E-state index in [9.17, 15) is 0 Å². The van der Waals surface area contributed by atoms with Gasteiger partial charge in [-0.15, -0.1) is 0 Å². The Kier molecular flexibility index (Phi) is 4.74. The molecule has 2 rings (SSSR count). The van der Waals surface area contributed by atoms with Gasteiger partial charge in [0.2, 0.25) is 0 Å². The van der Waals surface area contributed by atoms with Gasteiger partial charge in [0.15, 0.2) is 0 Å². The van der Waals surface area contributed by atoms with Crippen molar-refractivity contribution in [1.82, 2.24) is 10.2 Å². The molecule has 1 aliphatic rings. The van der Waals surface area contributed by atoms with E-state index in [-0.39, 0.29) is 0 Å². The molecule has 0 amide bonds. The molecule has 0 aromatic heterocycles. The van der Waals surface area contributed by atoms with Gasteiger partial charge in [0.05, 0.1) is 11.6 Å². The van der Waals surface area contributed by atoms with Gasteiger partial charge in [0.25, 0.3) is 0 Å². The van der Waals surface area contributed by atoms with Gasteiger partial charge >= 0.3 is 0 Å². The van der Waals surface area contributed by atoms with Gasteiger partial charge < -0.3 is 5.32 Å². The fraction of sp³-hybridized carbons (Fsp3) is 0.533. The minimum absolute atomic E-state index is 0.815. The van der Waals surface area contributed by atoms with E-state index < -0.39 is 0 Å². The van der Waals surface area contributed by atoms with E-state index in [1.165, 1.54) is 12.8 Å². The fourth-order valence-corrected chi connectivity index (χ4v) is 2.65. The van der Waals surface area contributed by atoms with Crippen LogP contribution in [-0.2, 0) is 6.54 Å². The van der Waals surface area contributed by atoms with Gasteiger partial charge in [-0.05, 0) is 57.1 Å². The maximum atomic E-state index is 9.08. The van der Waals surface area contributed by atoms with Gasteiger partial charge in [-0.2, -0.15) is 5.26 Å². The summed E-state index contributed by atoms with van der Waals surface area (Å²) in [5.74, 6) is 0.817. The minimum atomic E-state index is 0.815. The van der Waals surface area contributed by atoms with Crippen molar-refractivity contribution in [2.75, 3.05) is 26.7 Å². The molecule has 0 spiro atoms. The van der Waals surface area contributed by atoms with Crippen molar-refractivity contribution in [3.63, 3.8) is 0 Å². The zero-order valence-corrected chi connectivity index (χ0v) is 11.0. The van der Waals surface area contributed by atoms with E-state index >= 15 is 0 Å². The number of hydrogen-bond donors (Lipinski definition) is 1. The van der Waals surface area contributed by atoms with Crippen LogP contribution in [-0.4, -0.2) is 31.6 Å². The number of nitriles is 1. The molecule has 0 unspecified atom stereocenters. The fourth-order valence-electron chi connectivity index (χ4n) is 2.65. The summed E-state index contributed by atoms with van der Waals surface area (Å²) in [4.78, 5) is 2.46. The number of likely N-dealkylation sites (tertiary alicyclic amines) is 1. The van der Waals surface area contributed by atoms with E-state index in [2.05, 4.69) is 22.4 Å². The van der Waals surface area contributed by atoms with Crippen molar-refractivity contribution in [3.8, 4) is 6.07 Å². The summed E-state index contributed by atoms with van der Waals surface area (Å²) in [5, 5.41) is 12.3. The molecule has 1 fully saturated rings. The number of rotatable bonds is 4. The summed E-state index contributed by atoms with van der Waals surface area (Å²) in [7, 11) is 2.02. The van der Waals surface area contributed by atoms with Crippen molar-refractivity contribution in [2.45, 2.75) is 19.4 Å². The van der Waals surface area contributed by atoms with Crippen LogP contribution in [0.3, 0.4) is 0 Å². The Labute approximate surface area is 109 Å². The Balaban J connectivity index is 1.90. The molecule has 96 valence electrons. The van der Waals surface area contributed by atoms with Crippen LogP contribution in [0.25, 0.3) is 0 Å². The summed E-state index contributed by atoms with van der Waals surface area (Å²) < 4.78 is 0. The smallest absolute Gasteiger partial charge is 0.0995 e. The van der Waals surface area contributed by atoms with Crippen LogP contribution in [0.4, 0.5) is 0 Å². The third-order valence-corrected chi connectivity index (χ3v) is 3.73. The molecule has 0 atom stereocenters. The Morgan fingerprint density at radius 1 is 1.33 bits per heavy atom. The molecule has 1 aliphatic heterocycles. The molecule has 1 saturated heterocycles.